The van der Waals surface area contributed by atoms with Crippen molar-refractivity contribution in [3.8, 4) is 0 Å². The lowest BCUT2D eigenvalue weighted by atomic mass is 10.1. The molecular formula is C16H28O4. The topological polar surface area (TPSA) is 52.6 Å². The van der Waals surface area contributed by atoms with Crippen molar-refractivity contribution >= 4 is 11.9 Å². The Morgan fingerprint density at radius 3 is 2.25 bits per heavy atom. The number of rotatable bonds is 11. The molecule has 0 saturated carbocycles. The van der Waals surface area contributed by atoms with Crippen molar-refractivity contribution in [1.29, 1.82) is 0 Å². The van der Waals surface area contributed by atoms with Gasteiger partial charge in [-0.15, -0.1) is 0 Å². The maximum atomic E-state index is 11.5. The Morgan fingerprint density at radius 2 is 1.70 bits per heavy atom. The van der Waals surface area contributed by atoms with Gasteiger partial charge in [0.1, 0.15) is 0 Å². The molecule has 20 heavy (non-hydrogen) atoms. The van der Waals surface area contributed by atoms with Crippen molar-refractivity contribution in [3.63, 3.8) is 0 Å². The third kappa shape index (κ3) is 7.51. The lowest BCUT2D eigenvalue weighted by Crippen LogP contribution is -2.22. The molecule has 0 radical (unpaired) electrons. The summed E-state index contributed by atoms with van der Waals surface area (Å²) in [5, 5.41) is 0. The van der Waals surface area contributed by atoms with Gasteiger partial charge in [-0.1, -0.05) is 58.3 Å². The smallest absolute Gasteiger partial charge is 0.347 e. The van der Waals surface area contributed by atoms with Crippen molar-refractivity contribution in [1.82, 2.24) is 0 Å². The maximum Gasteiger partial charge on any atom is 0.347 e. The van der Waals surface area contributed by atoms with Crippen LogP contribution in [0.4, 0.5) is 0 Å². The highest BCUT2D eigenvalue weighted by atomic mass is 16.6. The van der Waals surface area contributed by atoms with Gasteiger partial charge >= 0.3 is 11.9 Å². The molecule has 0 aromatic rings. The van der Waals surface area contributed by atoms with Crippen LogP contribution in [0.25, 0.3) is 0 Å². The highest BCUT2D eigenvalue weighted by Crippen LogP contribution is 2.13. The van der Waals surface area contributed by atoms with Crippen LogP contribution in [-0.2, 0) is 19.1 Å². The first-order valence-corrected chi connectivity index (χ1v) is 8.10. The first-order chi connectivity index (χ1) is 9.74. The molecule has 1 heterocycles. The number of carbonyl (C=O) groups excluding carboxylic acids is 2. The van der Waals surface area contributed by atoms with Crippen molar-refractivity contribution < 1.29 is 19.1 Å². The zero-order valence-electron chi connectivity index (χ0n) is 12.7. The molecule has 0 aliphatic carbocycles. The van der Waals surface area contributed by atoms with Crippen molar-refractivity contribution in [2.45, 2.75) is 83.7 Å². The summed E-state index contributed by atoms with van der Waals surface area (Å²) in [6.45, 7) is 2.60. The van der Waals surface area contributed by atoms with Crippen LogP contribution in [0.3, 0.4) is 0 Å². The molecule has 0 aromatic heterocycles. The van der Waals surface area contributed by atoms with E-state index < -0.39 is 12.1 Å². The van der Waals surface area contributed by atoms with Crippen LogP contribution in [0.2, 0.25) is 0 Å². The molecule has 4 nitrogen and oxygen atoms in total. The average molecular weight is 284 g/mol. The van der Waals surface area contributed by atoms with Gasteiger partial charge in [-0.05, 0) is 6.42 Å². The number of esters is 2. The van der Waals surface area contributed by atoms with E-state index in [0.717, 1.165) is 12.8 Å². The second kappa shape index (κ2) is 10.7. The van der Waals surface area contributed by atoms with Gasteiger partial charge in [-0.3, -0.25) is 4.79 Å². The first kappa shape index (κ1) is 17.0. The molecule has 1 saturated heterocycles. The second-order valence-corrected chi connectivity index (χ2v) is 5.51. The molecule has 0 bridgehead atoms. The molecule has 1 aliphatic heterocycles. The number of cyclic esters (lactones) is 1. The van der Waals surface area contributed by atoms with E-state index in [1.165, 1.54) is 44.9 Å². The summed E-state index contributed by atoms with van der Waals surface area (Å²) in [6.07, 6.45) is 11.2. The van der Waals surface area contributed by atoms with Gasteiger partial charge in [0, 0.05) is 12.8 Å². The van der Waals surface area contributed by atoms with Gasteiger partial charge in [0.2, 0.25) is 6.10 Å². The van der Waals surface area contributed by atoms with Gasteiger partial charge in [0.15, 0.2) is 0 Å². The highest BCUT2D eigenvalue weighted by Gasteiger charge is 2.29. The number of hydrogen-bond donors (Lipinski definition) is 0. The van der Waals surface area contributed by atoms with Gasteiger partial charge in [-0.25, -0.2) is 4.79 Å². The van der Waals surface area contributed by atoms with Crippen LogP contribution in [0, 0.1) is 0 Å². The summed E-state index contributed by atoms with van der Waals surface area (Å²) >= 11 is 0. The van der Waals surface area contributed by atoms with Crippen LogP contribution >= 0.6 is 0 Å². The van der Waals surface area contributed by atoms with Crippen molar-refractivity contribution in [2.24, 2.45) is 0 Å². The van der Waals surface area contributed by atoms with Crippen molar-refractivity contribution in [3.05, 3.63) is 0 Å². The van der Waals surface area contributed by atoms with Gasteiger partial charge in [-0.2, -0.15) is 0 Å². The lowest BCUT2D eigenvalue weighted by Gasteiger charge is -2.08. The largest absolute Gasteiger partial charge is 0.463 e. The van der Waals surface area contributed by atoms with Gasteiger partial charge in [0.05, 0.1) is 6.61 Å². The minimum atomic E-state index is -0.652. The van der Waals surface area contributed by atoms with Crippen LogP contribution in [-0.4, -0.2) is 24.6 Å². The summed E-state index contributed by atoms with van der Waals surface area (Å²) in [6, 6.07) is 0. The Labute approximate surface area is 122 Å². The predicted molar refractivity (Wildman–Crippen MR) is 77.3 cm³/mol. The maximum absolute atomic E-state index is 11.5. The van der Waals surface area contributed by atoms with E-state index in [0.29, 0.717) is 19.4 Å². The van der Waals surface area contributed by atoms with E-state index in [4.69, 9.17) is 9.47 Å². The number of hydrogen-bond acceptors (Lipinski definition) is 4. The first-order valence-electron chi connectivity index (χ1n) is 8.10. The fraction of sp³-hybridized carbons (Fsp3) is 0.875. The third-order valence-corrected chi connectivity index (χ3v) is 3.65. The van der Waals surface area contributed by atoms with Crippen molar-refractivity contribution in [2.75, 3.05) is 6.61 Å². The Morgan fingerprint density at radius 1 is 1.10 bits per heavy atom. The highest BCUT2D eigenvalue weighted by molar-refractivity contribution is 5.80. The molecule has 1 rings (SSSR count). The molecule has 0 aromatic carbocycles. The minimum Gasteiger partial charge on any atom is -0.463 e. The summed E-state index contributed by atoms with van der Waals surface area (Å²) in [5.74, 6) is -0.665. The van der Waals surface area contributed by atoms with Gasteiger partial charge in [0.25, 0.3) is 0 Å². The van der Waals surface area contributed by atoms with Crippen LogP contribution in [0.5, 0.6) is 0 Å². The predicted octanol–water partition coefficient (Wildman–Crippen LogP) is 3.77. The van der Waals surface area contributed by atoms with E-state index in [1.807, 2.05) is 0 Å². The Balaban J connectivity index is 1.88. The van der Waals surface area contributed by atoms with Gasteiger partial charge < -0.3 is 9.47 Å². The Bertz CT molecular complexity index is 288. The summed E-state index contributed by atoms with van der Waals surface area (Å²) in [4.78, 5) is 22.7. The molecular weight excluding hydrogens is 256 g/mol. The van der Waals surface area contributed by atoms with E-state index in [-0.39, 0.29) is 5.97 Å². The fourth-order valence-electron chi connectivity index (χ4n) is 2.38. The number of unbranched alkanes of at least 4 members (excludes halogenated alkanes) is 8. The van der Waals surface area contributed by atoms with E-state index >= 15 is 0 Å². The number of carbonyl (C=O) groups is 2. The Kier molecular flexibility index (Phi) is 9.09. The molecule has 0 amide bonds. The fourth-order valence-corrected chi connectivity index (χ4v) is 2.38. The van der Waals surface area contributed by atoms with Crippen LogP contribution in [0.1, 0.15) is 77.6 Å². The lowest BCUT2D eigenvalue weighted by molar-refractivity contribution is -0.160. The van der Waals surface area contributed by atoms with E-state index in [9.17, 15) is 9.59 Å². The normalized spacial score (nSPS) is 18.1. The standard InChI is InChI=1S/C16H28O4/c1-2-3-4-5-6-7-8-9-10-11-15(17)20-14-12-13-19-16(14)18/h14H,2-13H2,1H3/t14-/m0/s1. The quantitative estimate of drug-likeness (QED) is 0.428. The molecule has 0 unspecified atom stereocenters. The monoisotopic (exact) mass is 284 g/mol. The van der Waals surface area contributed by atoms with E-state index in [1.54, 1.807) is 0 Å². The summed E-state index contributed by atoms with van der Waals surface area (Å²) in [7, 11) is 0. The van der Waals surface area contributed by atoms with Crippen LogP contribution < -0.4 is 0 Å². The molecule has 116 valence electrons. The number of ether oxygens (including phenoxy) is 2. The summed E-state index contributed by atoms with van der Waals surface area (Å²) in [5.41, 5.74) is 0. The minimum absolute atomic E-state index is 0.267. The third-order valence-electron chi connectivity index (χ3n) is 3.65. The SMILES string of the molecule is CCCCCCCCCCCC(=O)O[C@H]1CCOC1=O. The molecule has 1 fully saturated rings. The molecule has 0 N–H and O–H groups in total. The zero-order valence-corrected chi connectivity index (χ0v) is 12.7. The van der Waals surface area contributed by atoms with Crippen LogP contribution in [0.15, 0.2) is 0 Å². The molecule has 1 atom stereocenters. The average Bonchev–Trinajstić information content (AvgIpc) is 2.82. The zero-order chi connectivity index (χ0) is 14.6. The van der Waals surface area contributed by atoms with E-state index in [2.05, 4.69) is 6.92 Å². The molecule has 4 heteroatoms. The second-order valence-electron chi connectivity index (χ2n) is 5.51. The molecule has 0 spiro atoms. The summed E-state index contributed by atoms with van der Waals surface area (Å²) < 4.78 is 9.83. The molecule has 1 aliphatic rings. The Hall–Kier alpha value is -1.06.